The van der Waals surface area contributed by atoms with E-state index in [4.69, 9.17) is 19.1 Å². The molecule has 10 nitrogen and oxygen atoms in total. The van der Waals surface area contributed by atoms with Gasteiger partial charge in [-0.05, 0) is 77.0 Å². The first-order valence-corrected chi connectivity index (χ1v) is 20.9. The van der Waals surface area contributed by atoms with E-state index in [2.05, 4.69) is 91.3 Å². The van der Waals surface area contributed by atoms with E-state index in [0.29, 0.717) is 12.8 Å². The van der Waals surface area contributed by atoms with E-state index < -0.39 is 51.8 Å². The van der Waals surface area contributed by atoms with E-state index >= 15 is 0 Å². The topological polar surface area (TPSA) is 149 Å². The molecule has 0 aliphatic carbocycles. The number of allylic oxidation sites excluding steroid dienone is 12. The molecule has 3 N–H and O–H groups in total. The summed E-state index contributed by atoms with van der Waals surface area (Å²) in [5.41, 5.74) is 0. The standard InChI is InChI=1S/C41H69O10P/c1-3-5-7-9-11-13-15-16-17-18-19-20-21-22-23-25-27-29-31-33-41(45)51-39(37-50-52(46,47)49-35-38(43)34-42)36-48-40(44)32-30-28-26-24-14-12-10-8-6-4-2/h5,7-8,10-11,13,16-17,19-20,22-23,38-39,42-43H,3-4,6,9,12,14-15,18,21,24-37H2,1-2H3,(H,46,47)/b7-5-,10-8-,13-11-,17-16-,20-19-,23-22-. The van der Waals surface area contributed by atoms with Crippen LogP contribution in [0.3, 0.4) is 0 Å². The first-order valence-electron chi connectivity index (χ1n) is 19.4. The summed E-state index contributed by atoms with van der Waals surface area (Å²) < 4.78 is 32.5. The molecule has 0 aliphatic heterocycles. The van der Waals surface area contributed by atoms with Crippen LogP contribution in [0.2, 0.25) is 0 Å². The highest BCUT2D eigenvalue weighted by Crippen LogP contribution is 2.43. The molecule has 3 unspecified atom stereocenters. The van der Waals surface area contributed by atoms with E-state index in [1.807, 2.05) is 0 Å². The second-order valence-corrected chi connectivity index (χ2v) is 14.0. The number of aliphatic hydroxyl groups excluding tert-OH is 2. The van der Waals surface area contributed by atoms with Crippen molar-refractivity contribution in [1.82, 2.24) is 0 Å². The van der Waals surface area contributed by atoms with E-state index in [9.17, 15) is 24.2 Å². The maximum absolute atomic E-state index is 12.6. The third kappa shape index (κ3) is 35.8. The van der Waals surface area contributed by atoms with Crippen LogP contribution < -0.4 is 0 Å². The molecule has 0 rings (SSSR count). The first kappa shape index (κ1) is 49.4. The van der Waals surface area contributed by atoms with Crippen LogP contribution in [0.5, 0.6) is 0 Å². The number of rotatable bonds is 35. The molecular formula is C41H69O10P. The summed E-state index contributed by atoms with van der Waals surface area (Å²) in [6, 6.07) is 0. The van der Waals surface area contributed by atoms with E-state index in [-0.39, 0.29) is 19.4 Å². The zero-order valence-electron chi connectivity index (χ0n) is 32.0. The Hall–Kier alpha value is -2.59. The van der Waals surface area contributed by atoms with Crippen molar-refractivity contribution in [3.8, 4) is 0 Å². The molecule has 0 saturated heterocycles. The normalized spacial score (nSPS) is 14.8. The summed E-state index contributed by atoms with van der Waals surface area (Å²) in [4.78, 5) is 34.8. The molecule has 0 aromatic carbocycles. The van der Waals surface area contributed by atoms with Gasteiger partial charge in [0.1, 0.15) is 12.7 Å². The smallest absolute Gasteiger partial charge is 0.462 e. The Morgan fingerprint density at radius 1 is 0.596 bits per heavy atom. The third-order valence-corrected chi connectivity index (χ3v) is 8.53. The highest BCUT2D eigenvalue weighted by atomic mass is 31.2. The summed E-state index contributed by atoms with van der Waals surface area (Å²) in [6.45, 7) is 2.12. The minimum absolute atomic E-state index is 0.139. The third-order valence-electron chi connectivity index (χ3n) is 7.58. The van der Waals surface area contributed by atoms with Gasteiger partial charge in [0.25, 0.3) is 0 Å². The molecular weight excluding hydrogens is 683 g/mol. The molecule has 52 heavy (non-hydrogen) atoms. The van der Waals surface area contributed by atoms with Crippen molar-refractivity contribution >= 4 is 19.8 Å². The molecule has 11 heteroatoms. The van der Waals surface area contributed by atoms with Gasteiger partial charge in [-0.3, -0.25) is 18.6 Å². The van der Waals surface area contributed by atoms with Crippen LogP contribution in [0, 0.1) is 0 Å². The van der Waals surface area contributed by atoms with Crippen molar-refractivity contribution in [3.05, 3.63) is 72.9 Å². The maximum atomic E-state index is 12.6. The van der Waals surface area contributed by atoms with Crippen LogP contribution in [-0.2, 0) is 32.7 Å². The lowest BCUT2D eigenvalue weighted by Gasteiger charge is -2.20. The van der Waals surface area contributed by atoms with Crippen molar-refractivity contribution in [2.75, 3.05) is 26.4 Å². The van der Waals surface area contributed by atoms with E-state index in [1.54, 1.807) is 0 Å². The minimum atomic E-state index is -4.63. The zero-order valence-corrected chi connectivity index (χ0v) is 32.9. The van der Waals surface area contributed by atoms with Gasteiger partial charge in [-0.25, -0.2) is 4.57 Å². The fraction of sp³-hybridized carbons (Fsp3) is 0.659. The number of unbranched alkanes of at least 4 members (excludes halogenated alkanes) is 9. The molecule has 0 bridgehead atoms. The molecule has 3 atom stereocenters. The second kappa shape index (κ2) is 36.8. The molecule has 0 spiro atoms. The number of esters is 2. The summed E-state index contributed by atoms with van der Waals surface area (Å²) >= 11 is 0. The number of carbonyl (C=O) groups is 2. The zero-order chi connectivity index (χ0) is 38.4. The molecule has 0 aromatic heterocycles. The molecule has 0 aliphatic rings. The summed E-state index contributed by atoms with van der Waals surface area (Å²) in [5, 5.41) is 18.3. The summed E-state index contributed by atoms with van der Waals surface area (Å²) in [7, 11) is -4.63. The predicted octanol–water partition coefficient (Wildman–Crippen LogP) is 9.72. The molecule has 0 fully saturated rings. The maximum Gasteiger partial charge on any atom is 0.472 e. The Morgan fingerprint density at radius 3 is 1.63 bits per heavy atom. The number of aliphatic hydroxyl groups is 2. The van der Waals surface area contributed by atoms with Crippen LogP contribution in [-0.4, -0.2) is 65.7 Å². The van der Waals surface area contributed by atoms with Gasteiger partial charge in [0, 0.05) is 12.8 Å². The van der Waals surface area contributed by atoms with Crippen molar-refractivity contribution in [2.24, 2.45) is 0 Å². The molecule has 0 saturated carbocycles. The molecule has 0 amide bonds. The van der Waals surface area contributed by atoms with E-state index in [1.165, 1.54) is 0 Å². The van der Waals surface area contributed by atoms with Gasteiger partial charge in [-0.1, -0.05) is 119 Å². The molecule has 0 radical (unpaired) electrons. The Kier molecular flexibility index (Phi) is 34.9. The van der Waals surface area contributed by atoms with Gasteiger partial charge >= 0.3 is 19.8 Å². The number of phosphoric acid groups is 1. The summed E-state index contributed by atoms with van der Waals surface area (Å²) in [6.07, 6.45) is 40.2. The van der Waals surface area contributed by atoms with Crippen LogP contribution in [0.25, 0.3) is 0 Å². The Bertz CT molecular complexity index is 1100. The second-order valence-electron chi connectivity index (χ2n) is 12.6. The first-order chi connectivity index (χ1) is 25.2. The van der Waals surface area contributed by atoms with Crippen LogP contribution >= 0.6 is 7.82 Å². The van der Waals surface area contributed by atoms with Crippen LogP contribution in [0.15, 0.2) is 72.9 Å². The van der Waals surface area contributed by atoms with Crippen molar-refractivity contribution in [2.45, 2.75) is 148 Å². The molecule has 0 aromatic rings. The van der Waals surface area contributed by atoms with Crippen LogP contribution in [0.4, 0.5) is 0 Å². The quantitative estimate of drug-likeness (QED) is 0.0247. The monoisotopic (exact) mass is 752 g/mol. The minimum Gasteiger partial charge on any atom is -0.462 e. The van der Waals surface area contributed by atoms with Gasteiger partial charge in [-0.2, -0.15) is 0 Å². The number of hydrogen-bond donors (Lipinski definition) is 3. The Morgan fingerprint density at radius 2 is 1.06 bits per heavy atom. The fourth-order valence-corrected chi connectivity index (χ4v) is 5.40. The lowest BCUT2D eigenvalue weighted by atomic mass is 10.1. The van der Waals surface area contributed by atoms with Crippen molar-refractivity contribution < 1.29 is 47.8 Å². The Balaban J connectivity index is 4.43. The fourth-order valence-electron chi connectivity index (χ4n) is 4.61. The average Bonchev–Trinajstić information content (AvgIpc) is 3.13. The van der Waals surface area contributed by atoms with Crippen LogP contribution in [0.1, 0.15) is 136 Å². The van der Waals surface area contributed by atoms with E-state index in [0.717, 1.165) is 96.3 Å². The number of carbonyl (C=O) groups excluding carboxylic acids is 2. The largest absolute Gasteiger partial charge is 0.472 e. The lowest BCUT2D eigenvalue weighted by Crippen LogP contribution is -2.29. The van der Waals surface area contributed by atoms with Crippen molar-refractivity contribution in [1.29, 1.82) is 0 Å². The lowest BCUT2D eigenvalue weighted by molar-refractivity contribution is -0.161. The van der Waals surface area contributed by atoms with Gasteiger partial charge < -0.3 is 24.6 Å². The SMILES string of the molecule is CC/C=C\C/C=C\C/C=C\C/C=C\C/C=C\CCCCCC(=O)OC(COC(=O)CCCCCCC/C=C\CCC)COP(=O)(O)OCC(O)CO. The Labute approximate surface area is 314 Å². The predicted molar refractivity (Wildman–Crippen MR) is 210 cm³/mol. The van der Waals surface area contributed by atoms with Gasteiger partial charge in [0.05, 0.1) is 19.8 Å². The number of phosphoric ester groups is 1. The molecule has 0 heterocycles. The molecule has 298 valence electrons. The summed E-state index contributed by atoms with van der Waals surface area (Å²) in [5.74, 6) is -0.985. The average molecular weight is 753 g/mol. The van der Waals surface area contributed by atoms with Gasteiger partial charge in [-0.15, -0.1) is 0 Å². The van der Waals surface area contributed by atoms with Gasteiger partial charge in [0.15, 0.2) is 6.10 Å². The number of hydrogen-bond acceptors (Lipinski definition) is 9. The number of ether oxygens (including phenoxy) is 2. The van der Waals surface area contributed by atoms with Crippen molar-refractivity contribution in [3.63, 3.8) is 0 Å². The highest BCUT2D eigenvalue weighted by molar-refractivity contribution is 7.47. The van der Waals surface area contributed by atoms with Gasteiger partial charge in [0.2, 0.25) is 0 Å². The highest BCUT2D eigenvalue weighted by Gasteiger charge is 2.27.